The Morgan fingerprint density at radius 3 is 2.94 bits per heavy atom. The molecule has 2 rings (SSSR count). The third kappa shape index (κ3) is 2.95. The lowest BCUT2D eigenvalue weighted by atomic mass is 10.2. The molecule has 2 heterocycles. The standard InChI is InChI=1S/C12H16N4OS/c1-8(17)15-10-4-5-16(7-10)11-3-2-9(6-14-11)12(13)18/h2-3,6,10H,4-5,7H2,1H3,(H2,13,18)(H,15,17). The van der Waals surface area contributed by atoms with Crippen LogP contribution in [0, 0.1) is 0 Å². The zero-order valence-electron chi connectivity index (χ0n) is 10.2. The summed E-state index contributed by atoms with van der Waals surface area (Å²) in [5.41, 5.74) is 6.29. The Kier molecular flexibility index (Phi) is 3.76. The highest BCUT2D eigenvalue weighted by molar-refractivity contribution is 7.80. The van der Waals surface area contributed by atoms with E-state index in [4.69, 9.17) is 18.0 Å². The van der Waals surface area contributed by atoms with Crippen molar-refractivity contribution in [3.8, 4) is 0 Å². The Morgan fingerprint density at radius 1 is 1.61 bits per heavy atom. The minimum atomic E-state index is 0.0126. The number of anilines is 1. The van der Waals surface area contributed by atoms with Crippen molar-refractivity contribution in [3.05, 3.63) is 23.9 Å². The average Bonchev–Trinajstić information content (AvgIpc) is 2.76. The third-order valence-corrected chi connectivity index (χ3v) is 3.19. The first-order valence-corrected chi connectivity index (χ1v) is 6.25. The molecule has 1 atom stereocenters. The number of aromatic nitrogens is 1. The van der Waals surface area contributed by atoms with Gasteiger partial charge in [-0.3, -0.25) is 4.79 Å². The zero-order chi connectivity index (χ0) is 13.1. The number of hydrogen-bond donors (Lipinski definition) is 2. The molecule has 1 aromatic rings. The molecule has 1 aliphatic rings. The topological polar surface area (TPSA) is 71.2 Å². The summed E-state index contributed by atoms with van der Waals surface area (Å²) in [7, 11) is 0. The number of nitrogens with two attached hydrogens (primary N) is 1. The van der Waals surface area contributed by atoms with E-state index in [2.05, 4.69) is 15.2 Å². The third-order valence-electron chi connectivity index (χ3n) is 2.95. The van der Waals surface area contributed by atoms with Crippen LogP contribution in [-0.2, 0) is 4.79 Å². The summed E-state index contributed by atoms with van der Waals surface area (Å²) in [6, 6.07) is 3.99. The number of pyridine rings is 1. The van der Waals surface area contributed by atoms with E-state index in [1.165, 1.54) is 6.92 Å². The van der Waals surface area contributed by atoms with Crippen molar-refractivity contribution in [2.75, 3.05) is 18.0 Å². The molecule has 96 valence electrons. The quantitative estimate of drug-likeness (QED) is 0.775. The summed E-state index contributed by atoms with van der Waals surface area (Å²) in [4.78, 5) is 17.8. The van der Waals surface area contributed by atoms with Crippen LogP contribution in [0.4, 0.5) is 5.82 Å². The summed E-state index contributed by atoms with van der Waals surface area (Å²) in [6.45, 7) is 3.22. The minimum absolute atomic E-state index is 0.0126. The molecule has 1 aromatic heterocycles. The van der Waals surface area contributed by atoms with Crippen LogP contribution < -0.4 is 16.0 Å². The Hall–Kier alpha value is -1.69. The van der Waals surface area contributed by atoms with Gasteiger partial charge in [-0.05, 0) is 18.6 Å². The van der Waals surface area contributed by atoms with Crippen molar-refractivity contribution in [1.29, 1.82) is 0 Å². The van der Waals surface area contributed by atoms with Crippen LogP contribution in [0.25, 0.3) is 0 Å². The van der Waals surface area contributed by atoms with E-state index in [-0.39, 0.29) is 11.9 Å². The summed E-state index contributed by atoms with van der Waals surface area (Å²) < 4.78 is 0. The fourth-order valence-electron chi connectivity index (χ4n) is 2.09. The van der Waals surface area contributed by atoms with Crippen molar-refractivity contribution in [3.63, 3.8) is 0 Å². The van der Waals surface area contributed by atoms with E-state index in [0.29, 0.717) is 4.99 Å². The fraction of sp³-hybridized carbons (Fsp3) is 0.417. The lowest BCUT2D eigenvalue weighted by molar-refractivity contribution is -0.119. The number of thiocarbonyl (C=S) groups is 1. The number of nitrogens with zero attached hydrogens (tertiary/aromatic N) is 2. The van der Waals surface area contributed by atoms with E-state index in [9.17, 15) is 4.79 Å². The molecular weight excluding hydrogens is 248 g/mol. The van der Waals surface area contributed by atoms with Gasteiger partial charge in [0.25, 0.3) is 0 Å². The van der Waals surface area contributed by atoms with Gasteiger partial charge < -0.3 is 16.0 Å². The van der Waals surface area contributed by atoms with Gasteiger partial charge >= 0.3 is 0 Å². The Labute approximate surface area is 111 Å². The molecule has 1 amide bonds. The summed E-state index contributed by atoms with van der Waals surface area (Å²) in [6.07, 6.45) is 2.63. The fourth-order valence-corrected chi connectivity index (χ4v) is 2.21. The predicted octanol–water partition coefficient (Wildman–Crippen LogP) is 0.431. The monoisotopic (exact) mass is 264 g/mol. The molecule has 3 N–H and O–H groups in total. The van der Waals surface area contributed by atoms with Crippen molar-refractivity contribution < 1.29 is 4.79 Å². The van der Waals surface area contributed by atoms with Crippen molar-refractivity contribution in [1.82, 2.24) is 10.3 Å². The second-order valence-corrected chi connectivity index (χ2v) is 4.84. The SMILES string of the molecule is CC(=O)NC1CCN(c2ccc(C(N)=S)cn2)C1. The van der Waals surface area contributed by atoms with Gasteiger partial charge in [-0.1, -0.05) is 12.2 Å². The van der Waals surface area contributed by atoms with Crippen LogP contribution in [0.2, 0.25) is 0 Å². The normalized spacial score (nSPS) is 18.7. The van der Waals surface area contributed by atoms with E-state index in [1.54, 1.807) is 6.20 Å². The first-order valence-electron chi connectivity index (χ1n) is 5.84. The van der Waals surface area contributed by atoms with E-state index < -0.39 is 0 Å². The molecule has 1 aliphatic heterocycles. The molecular formula is C12H16N4OS. The summed E-state index contributed by atoms with van der Waals surface area (Å²) in [5.74, 6) is 0.904. The number of carbonyl (C=O) groups excluding carboxylic acids is 1. The maximum atomic E-state index is 11.0. The number of carbonyl (C=O) groups is 1. The van der Waals surface area contributed by atoms with Gasteiger partial charge in [-0.25, -0.2) is 4.98 Å². The van der Waals surface area contributed by atoms with Crippen LogP contribution >= 0.6 is 12.2 Å². The maximum absolute atomic E-state index is 11.0. The first-order chi connectivity index (χ1) is 8.56. The van der Waals surface area contributed by atoms with Crippen LogP contribution in [0.1, 0.15) is 18.9 Å². The Balaban J connectivity index is 2.01. The van der Waals surface area contributed by atoms with Gasteiger partial charge in [0.15, 0.2) is 0 Å². The van der Waals surface area contributed by atoms with Gasteiger partial charge in [-0.2, -0.15) is 0 Å². The second kappa shape index (κ2) is 5.30. The molecule has 0 radical (unpaired) electrons. The number of nitrogens with one attached hydrogen (secondary N) is 1. The average molecular weight is 264 g/mol. The second-order valence-electron chi connectivity index (χ2n) is 4.40. The molecule has 1 fully saturated rings. The van der Waals surface area contributed by atoms with Crippen LogP contribution in [0.3, 0.4) is 0 Å². The van der Waals surface area contributed by atoms with Crippen molar-refractivity contribution in [2.24, 2.45) is 5.73 Å². The van der Waals surface area contributed by atoms with Gasteiger partial charge in [-0.15, -0.1) is 0 Å². The highest BCUT2D eigenvalue weighted by Crippen LogP contribution is 2.18. The molecule has 0 saturated carbocycles. The van der Waals surface area contributed by atoms with Crippen molar-refractivity contribution in [2.45, 2.75) is 19.4 Å². The lowest BCUT2D eigenvalue weighted by Gasteiger charge is -2.17. The smallest absolute Gasteiger partial charge is 0.217 e. The summed E-state index contributed by atoms with van der Waals surface area (Å²) in [5, 5.41) is 2.92. The van der Waals surface area contributed by atoms with Gasteiger partial charge in [0.2, 0.25) is 5.91 Å². The molecule has 0 bridgehead atoms. The highest BCUT2D eigenvalue weighted by Gasteiger charge is 2.23. The van der Waals surface area contributed by atoms with Gasteiger partial charge in [0.05, 0.1) is 0 Å². The molecule has 1 unspecified atom stereocenters. The number of hydrogen-bond acceptors (Lipinski definition) is 4. The Morgan fingerprint density at radius 2 is 2.39 bits per heavy atom. The van der Waals surface area contributed by atoms with E-state index in [1.807, 2.05) is 12.1 Å². The Bertz CT molecular complexity index is 460. The van der Waals surface area contributed by atoms with Crippen LogP contribution in [0.5, 0.6) is 0 Å². The van der Waals surface area contributed by atoms with Crippen LogP contribution in [0.15, 0.2) is 18.3 Å². The van der Waals surface area contributed by atoms with E-state index >= 15 is 0 Å². The van der Waals surface area contributed by atoms with Gasteiger partial charge in [0.1, 0.15) is 10.8 Å². The molecule has 0 aromatic carbocycles. The highest BCUT2D eigenvalue weighted by atomic mass is 32.1. The first kappa shape index (κ1) is 12.8. The zero-order valence-corrected chi connectivity index (χ0v) is 11.0. The largest absolute Gasteiger partial charge is 0.389 e. The van der Waals surface area contributed by atoms with E-state index in [0.717, 1.165) is 30.9 Å². The molecule has 1 saturated heterocycles. The minimum Gasteiger partial charge on any atom is -0.389 e. The lowest BCUT2D eigenvalue weighted by Crippen LogP contribution is -2.35. The molecule has 18 heavy (non-hydrogen) atoms. The number of amides is 1. The molecule has 0 spiro atoms. The predicted molar refractivity (Wildman–Crippen MR) is 74.6 cm³/mol. The summed E-state index contributed by atoms with van der Waals surface area (Å²) >= 11 is 4.88. The molecule has 6 heteroatoms. The van der Waals surface area contributed by atoms with Gasteiger partial charge in [0, 0.05) is 37.8 Å². The number of rotatable bonds is 3. The molecule has 0 aliphatic carbocycles. The van der Waals surface area contributed by atoms with Crippen LogP contribution in [-0.4, -0.2) is 35.0 Å². The van der Waals surface area contributed by atoms with Crippen molar-refractivity contribution >= 4 is 28.9 Å². The molecule has 5 nitrogen and oxygen atoms in total. The maximum Gasteiger partial charge on any atom is 0.217 e.